The molecule has 2 heterocycles. The molecule has 0 aromatic heterocycles. The summed E-state index contributed by atoms with van der Waals surface area (Å²) in [5, 5.41) is 11.2. The highest BCUT2D eigenvalue weighted by Crippen LogP contribution is 2.43. The van der Waals surface area contributed by atoms with Gasteiger partial charge in [0, 0.05) is 39.6 Å². The van der Waals surface area contributed by atoms with Crippen LogP contribution in [0.3, 0.4) is 0 Å². The molecule has 128 valence electrons. The van der Waals surface area contributed by atoms with Crippen LogP contribution in [0.5, 0.6) is 11.5 Å². The van der Waals surface area contributed by atoms with Gasteiger partial charge in [0.2, 0.25) is 0 Å². The topological polar surface area (TPSA) is 41.9 Å². The zero-order chi connectivity index (χ0) is 33.9. The number of rotatable bonds is 4. The smallest absolute Gasteiger partial charge is 0.161 e. The van der Waals surface area contributed by atoms with Gasteiger partial charge in [-0.05, 0) is 54.2 Å². The third kappa shape index (κ3) is 3.20. The van der Waals surface area contributed by atoms with Crippen LogP contribution in [0.25, 0.3) is 0 Å². The molecule has 1 N–H and O–H groups in total. The molecule has 1 aromatic rings. The van der Waals surface area contributed by atoms with E-state index < -0.39 is 112 Å². The predicted molar refractivity (Wildman–Crippen MR) is 91.1 cm³/mol. The first-order valence-corrected chi connectivity index (χ1v) is 6.75. The van der Waals surface area contributed by atoms with Crippen LogP contribution in [0, 0.1) is 11.8 Å². The number of piperidine rings is 1. The fraction of sp³-hybridized carbons (Fsp3) is 0.684. The summed E-state index contributed by atoms with van der Waals surface area (Å²) in [5.74, 6) is -8.52. The molecular formula is C19H29NO3. The highest BCUT2D eigenvalue weighted by molar-refractivity contribution is 5.49. The quantitative estimate of drug-likeness (QED) is 0.915. The number of hydrogen-bond donors (Lipinski definition) is 1. The summed E-state index contributed by atoms with van der Waals surface area (Å²) >= 11 is 0. The van der Waals surface area contributed by atoms with E-state index in [0.717, 1.165) is 7.11 Å². The van der Waals surface area contributed by atoms with Gasteiger partial charge in [-0.25, -0.2) is 0 Å². The van der Waals surface area contributed by atoms with Gasteiger partial charge in [-0.15, -0.1) is 0 Å². The van der Waals surface area contributed by atoms with Gasteiger partial charge in [0.1, 0.15) is 0 Å². The maximum absolute atomic E-state index is 11.2. The van der Waals surface area contributed by atoms with Crippen molar-refractivity contribution >= 4 is 0 Å². The normalized spacial score (nSPS) is 49.6. The van der Waals surface area contributed by atoms with E-state index in [1.807, 2.05) is 0 Å². The average Bonchev–Trinajstić information content (AvgIpc) is 2.75. The van der Waals surface area contributed by atoms with E-state index in [1.165, 1.54) is 0 Å². The highest BCUT2D eigenvalue weighted by atomic mass is 16.5. The maximum Gasteiger partial charge on any atom is 0.161 e. The maximum atomic E-state index is 11.2. The van der Waals surface area contributed by atoms with Gasteiger partial charge in [-0.1, -0.05) is 13.7 Å². The van der Waals surface area contributed by atoms with Crippen LogP contribution in [0.4, 0.5) is 0 Å². The number of fused-ring (bicyclic) bond motifs is 3. The van der Waals surface area contributed by atoms with E-state index in [2.05, 4.69) is 0 Å². The first kappa shape index (κ1) is 4.89. The van der Waals surface area contributed by atoms with Crippen molar-refractivity contribution in [1.82, 2.24) is 4.90 Å². The summed E-state index contributed by atoms with van der Waals surface area (Å²) < 4.78 is 173. The van der Waals surface area contributed by atoms with Crippen molar-refractivity contribution in [3.8, 4) is 11.5 Å². The number of methoxy groups -OCH3 is 2. The van der Waals surface area contributed by atoms with Crippen molar-refractivity contribution in [1.29, 1.82) is 0 Å². The van der Waals surface area contributed by atoms with Gasteiger partial charge >= 0.3 is 0 Å². The van der Waals surface area contributed by atoms with Crippen LogP contribution in [-0.2, 0) is 6.37 Å². The van der Waals surface area contributed by atoms with Gasteiger partial charge in [0.25, 0.3) is 0 Å². The molecule has 3 unspecified atom stereocenters. The number of nitrogens with zero attached hydrogens (tertiary/aromatic N) is 1. The van der Waals surface area contributed by atoms with Gasteiger partial charge in [-0.3, -0.25) is 4.90 Å². The Bertz CT molecular complexity index is 1250. The van der Waals surface area contributed by atoms with Crippen molar-refractivity contribution in [2.45, 2.75) is 45.0 Å². The van der Waals surface area contributed by atoms with Crippen molar-refractivity contribution in [3.05, 3.63) is 23.2 Å². The molecule has 0 bridgehead atoms. The molecule has 4 nitrogen and oxygen atoms in total. The molecule has 1 saturated heterocycles. The molecule has 0 amide bonds. The third-order valence-electron chi connectivity index (χ3n) is 3.64. The summed E-state index contributed by atoms with van der Waals surface area (Å²) in [5.41, 5.74) is -1.57. The van der Waals surface area contributed by atoms with Crippen LogP contribution in [0.1, 0.15) is 71.1 Å². The minimum atomic E-state index is -4.07. The molecule has 0 saturated carbocycles. The van der Waals surface area contributed by atoms with Crippen molar-refractivity contribution in [3.63, 3.8) is 0 Å². The Morgan fingerprint density at radius 3 is 3.09 bits per heavy atom. The first-order valence-electron chi connectivity index (χ1n) is 16.8. The van der Waals surface area contributed by atoms with Crippen molar-refractivity contribution in [2.24, 2.45) is 11.8 Å². The first-order chi connectivity index (χ1) is 18.9. The average molecular weight is 340 g/mol. The number of benzene rings is 1. The van der Waals surface area contributed by atoms with Crippen LogP contribution in [-0.4, -0.2) is 43.3 Å². The standard InChI is InChI=1S/C19H29NO3/c1-12(2)7-14-11-20-6-5-13-8-18(22-3)19(23-4)9-15(13)16(20)10-17(14)21/h8-9,12,14,16-17,21H,5-7,10-11H2,1-4H3/i1D3,2D3,3D3,5D2,6D2,7D2,8D,9D,11D2,12D. The zero-order valence-corrected chi connectivity index (χ0v) is 12.2. The molecule has 0 spiro atoms. The second-order valence-corrected chi connectivity index (χ2v) is 5.05. The molecular weight excluding hydrogens is 290 g/mol. The fourth-order valence-electron chi connectivity index (χ4n) is 2.60. The van der Waals surface area contributed by atoms with E-state index >= 15 is 0 Å². The zero-order valence-electron chi connectivity index (χ0n) is 32.2. The number of aliphatic hydroxyl groups is 1. The SMILES string of the molecule is [2H]c1c(OC)c(OC([2H])([2H])[2H])c([2H])c2c1C1CC(O)C(C([2H])([2H])C([2H])(C([2H])([2H])[2H])C([2H])([2H])[2H])C([2H])([2H])N1C([2H])([2H])C2([2H])[2H]. The van der Waals surface area contributed by atoms with Crippen molar-refractivity contribution < 1.29 is 42.0 Å². The molecule has 4 heteroatoms. The summed E-state index contributed by atoms with van der Waals surface area (Å²) in [6, 6.07) is -3.82. The third-order valence-corrected chi connectivity index (χ3v) is 3.64. The lowest BCUT2D eigenvalue weighted by atomic mass is 9.79. The van der Waals surface area contributed by atoms with E-state index in [9.17, 15) is 5.11 Å². The summed E-state index contributed by atoms with van der Waals surface area (Å²) in [7, 11) is -2.28. The largest absolute Gasteiger partial charge is 0.493 e. The van der Waals surface area contributed by atoms with Crippen LogP contribution in [0.15, 0.2) is 12.1 Å². The second kappa shape index (κ2) is 6.70. The van der Waals surface area contributed by atoms with Crippen molar-refractivity contribution in [2.75, 3.05) is 27.1 Å². The van der Waals surface area contributed by atoms with Crippen LogP contribution >= 0.6 is 0 Å². The molecule has 1 fully saturated rings. The molecule has 2 aliphatic rings. The number of hydrogen-bond acceptors (Lipinski definition) is 4. The van der Waals surface area contributed by atoms with Gasteiger partial charge in [0.15, 0.2) is 11.5 Å². The molecule has 2 aliphatic heterocycles. The Morgan fingerprint density at radius 2 is 2.35 bits per heavy atom. The molecule has 3 rings (SSSR count). The lowest BCUT2D eigenvalue weighted by Crippen LogP contribution is -2.48. The van der Waals surface area contributed by atoms with Crippen LogP contribution in [0.2, 0.25) is 0 Å². The molecule has 23 heavy (non-hydrogen) atoms. The molecule has 1 aromatic carbocycles. The predicted octanol–water partition coefficient (Wildman–Crippen LogP) is 3.03. The molecule has 3 atom stereocenters. The highest BCUT2D eigenvalue weighted by Gasteiger charge is 2.38. The lowest BCUT2D eigenvalue weighted by molar-refractivity contribution is -0.0191. The van der Waals surface area contributed by atoms with E-state index in [4.69, 9.17) is 36.9 Å². The summed E-state index contributed by atoms with van der Waals surface area (Å²) in [6.45, 7) is -15.1. The summed E-state index contributed by atoms with van der Waals surface area (Å²) in [6.07, 6.45) is -10.8. The lowest BCUT2D eigenvalue weighted by Gasteiger charge is -2.46. The molecule has 0 radical (unpaired) electrons. The minimum absolute atomic E-state index is 0.0954. The fourth-order valence-corrected chi connectivity index (χ4v) is 2.60. The van der Waals surface area contributed by atoms with E-state index in [-0.39, 0.29) is 4.90 Å². The number of aliphatic hydroxyl groups excluding tert-OH is 1. The van der Waals surface area contributed by atoms with Crippen LogP contribution < -0.4 is 9.47 Å². The molecule has 0 aliphatic carbocycles. The Balaban J connectivity index is 2.42. The second-order valence-electron chi connectivity index (χ2n) is 5.05. The van der Waals surface area contributed by atoms with Gasteiger partial charge < -0.3 is 14.6 Å². The Kier molecular flexibility index (Phi) is 1.42. The Morgan fingerprint density at radius 1 is 1.52 bits per heavy atom. The van der Waals surface area contributed by atoms with E-state index in [1.54, 1.807) is 0 Å². The Labute approximate surface area is 167 Å². The van der Waals surface area contributed by atoms with Gasteiger partial charge in [0.05, 0.1) is 27.1 Å². The Hall–Kier alpha value is -1.26. The minimum Gasteiger partial charge on any atom is -0.493 e. The van der Waals surface area contributed by atoms with E-state index in [0.29, 0.717) is 0 Å². The summed E-state index contributed by atoms with van der Waals surface area (Å²) in [4.78, 5) is 0.0954. The monoisotopic (exact) mass is 339 g/mol. The van der Waals surface area contributed by atoms with Gasteiger partial charge in [-0.2, -0.15) is 0 Å². The number of ether oxygens (including phenoxy) is 2.